The van der Waals surface area contributed by atoms with Crippen LogP contribution in [-0.4, -0.2) is 77.7 Å². The van der Waals surface area contributed by atoms with E-state index >= 15 is 0 Å². The Bertz CT molecular complexity index is 905. The maximum Gasteiger partial charge on any atom is 0.251 e. The summed E-state index contributed by atoms with van der Waals surface area (Å²) >= 11 is 0. The molecular formula is C25H35N5O2. The summed E-state index contributed by atoms with van der Waals surface area (Å²) in [6.45, 7) is 4.51. The van der Waals surface area contributed by atoms with E-state index in [1.807, 2.05) is 0 Å². The van der Waals surface area contributed by atoms with Crippen LogP contribution in [0.2, 0.25) is 0 Å². The third-order valence-corrected chi connectivity index (χ3v) is 6.64. The molecule has 0 saturated carbocycles. The van der Waals surface area contributed by atoms with Crippen LogP contribution >= 0.6 is 0 Å². The Hall–Kier alpha value is -2.48. The summed E-state index contributed by atoms with van der Waals surface area (Å²) < 4.78 is 0. The minimum absolute atomic E-state index is 0.187. The molecule has 7 heteroatoms. The van der Waals surface area contributed by atoms with E-state index in [1.165, 1.54) is 30.4 Å². The normalized spacial score (nSPS) is 20.4. The van der Waals surface area contributed by atoms with Crippen molar-refractivity contribution in [1.82, 2.24) is 20.1 Å². The van der Waals surface area contributed by atoms with Gasteiger partial charge in [-0.2, -0.15) is 0 Å². The van der Waals surface area contributed by atoms with E-state index in [0.717, 1.165) is 32.6 Å². The van der Waals surface area contributed by atoms with Crippen LogP contribution in [0.25, 0.3) is 0 Å². The molecule has 1 fully saturated rings. The second kappa shape index (κ2) is 10.9. The fourth-order valence-corrected chi connectivity index (χ4v) is 4.68. The van der Waals surface area contributed by atoms with Crippen molar-refractivity contribution >= 4 is 11.7 Å². The van der Waals surface area contributed by atoms with Gasteiger partial charge in [0, 0.05) is 50.5 Å². The van der Waals surface area contributed by atoms with E-state index in [1.54, 1.807) is 18.3 Å². The zero-order valence-corrected chi connectivity index (χ0v) is 19.0. The SMILES string of the molecule is CN1CCCCC1CNc1cc(C(=O)NC[C@H](O)CN2CCc3ccccc3C2)ccn1. The number of carbonyl (C=O) groups is 1. The minimum Gasteiger partial charge on any atom is -0.390 e. The topological polar surface area (TPSA) is 80.7 Å². The van der Waals surface area contributed by atoms with Crippen molar-refractivity contribution in [2.75, 3.05) is 45.1 Å². The molecule has 4 rings (SSSR count). The van der Waals surface area contributed by atoms with Gasteiger partial charge < -0.3 is 20.6 Å². The number of amides is 1. The van der Waals surface area contributed by atoms with Crippen molar-refractivity contribution in [1.29, 1.82) is 0 Å². The van der Waals surface area contributed by atoms with Gasteiger partial charge in [0.1, 0.15) is 5.82 Å². The number of hydrogen-bond donors (Lipinski definition) is 3. The zero-order valence-electron chi connectivity index (χ0n) is 19.0. The minimum atomic E-state index is -0.606. The highest BCUT2D eigenvalue weighted by molar-refractivity contribution is 5.94. The van der Waals surface area contributed by atoms with E-state index < -0.39 is 6.10 Å². The smallest absolute Gasteiger partial charge is 0.251 e. The van der Waals surface area contributed by atoms with Crippen LogP contribution in [0.5, 0.6) is 0 Å². The Balaban J connectivity index is 1.23. The molecule has 2 aromatic rings. The van der Waals surface area contributed by atoms with Gasteiger partial charge in [-0.15, -0.1) is 0 Å². The molecule has 1 aromatic carbocycles. The third-order valence-electron chi connectivity index (χ3n) is 6.64. The molecule has 1 amide bonds. The van der Waals surface area contributed by atoms with Crippen LogP contribution < -0.4 is 10.6 Å². The Kier molecular flexibility index (Phi) is 7.73. The summed E-state index contributed by atoms with van der Waals surface area (Å²) in [7, 11) is 2.16. The van der Waals surface area contributed by atoms with Gasteiger partial charge in [0.25, 0.3) is 5.91 Å². The second-order valence-electron chi connectivity index (χ2n) is 9.06. The predicted octanol–water partition coefficient (Wildman–Crippen LogP) is 2.13. The first kappa shape index (κ1) is 22.7. The van der Waals surface area contributed by atoms with Crippen LogP contribution in [0.15, 0.2) is 42.6 Å². The van der Waals surface area contributed by atoms with Crippen molar-refractivity contribution in [2.45, 2.75) is 44.4 Å². The lowest BCUT2D eigenvalue weighted by atomic mass is 10.00. The molecule has 172 valence electrons. The van der Waals surface area contributed by atoms with Crippen LogP contribution in [0, 0.1) is 0 Å². The highest BCUT2D eigenvalue weighted by atomic mass is 16.3. The maximum absolute atomic E-state index is 12.6. The number of carbonyl (C=O) groups excluding carboxylic acids is 1. The number of rotatable bonds is 8. The molecule has 2 atom stereocenters. The fraction of sp³-hybridized carbons (Fsp3) is 0.520. The number of benzene rings is 1. The van der Waals surface area contributed by atoms with Gasteiger partial charge in [0.15, 0.2) is 0 Å². The molecule has 3 heterocycles. The van der Waals surface area contributed by atoms with Crippen LogP contribution in [0.3, 0.4) is 0 Å². The molecule has 0 bridgehead atoms. The average Bonchev–Trinajstić information content (AvgIpc) is 2.82. The number of nitrogens with zero attached hydrogens (tertiary/aromatic N) is 3. The molecule has 0 aliphatic carbocycles. The molecule has 2 aliphatic heterocycles. The Labute approximate surface area is 190 Å². The Morgan fingerprint density at radius 3 is 2.91 bits per heavy atom. The number of β-amino-alcohol motifs (C(OH)–C–C–N with tert-alkyl or cyclic N) is 1. The van der Waals surface area contributed by atoms with Gasteiger partial charge in [0.2, 0.25) is 0 Å². The van der Waals surface area contributed by atoms with E-state index in [-0.39, 0.29) is 12.5 Å². The van der Waals surface area contributed by atoms with Crippen molar-refractivity contribution in [3.05, 3.63) is 59.3 Å². The number of aromatic nitrogens is 1. The van der Waals surface area contributed by atoms with Gasteiger partial charge >= 0.3 is 0 Å². The number of nitrogens with one attached hydrogen (secondary N) is 2. The van der Waals surface area contributed by atoms with Crippen molar-refractivity contribution in [2.24, 2.45) is 0 Å². The molecule has 0 radical (unpaired) electrons. The largest absolute Gasteiger partial charge is 0.390 e. The lowest BCUT2D eigenvalue weighted by molar-refractivity contribution is 0.0842. The lowest BCUT2D eigenvalue weighted by Crippen LogP contribution is -2.42. The monoisotopic (exact) mass is 437 g/mol. The molecule has 1 unspecified atom stereocenters. The molecule has 1 saturated heterocycles. The summed E-state index contributed by atoms with van der Waals surface area (Å²) in [6.07, 6.45) is 5.76. The molecule has 1 aromatic heterocycles. The molecule has 3 N–H and O–H groups in total. The van der Waals surface area contributed by atoms with E-state index in [4.69, 9.17) is 0 Å². The third kappa shape index (κ3) is 6.06. The fourth-order valence-electron chi connectivity index (χ4n) is 4.68. The van der Waals surface area contributed by atoms with Crippen molar-refractivity contribution in [3.63, 3.8) is 0 Å². The highest BCUT2D eigenvalue weighted by Gasteiger charge is 2.20. The van der Waals surface area contributed by atoms with E-state index in [0.29, 0.717) is 24.0 Å². The van der Waals surface area contributed by atoms with E-state index in [2.05, 4.69) is 56.7 Å². The molecule has 2 aliphatic rings. The summed E-state index contributed by atoms with van der Waals surface area (Å²) in [5.74, 6) is 0.525. The Morgan fingerprint density at radius 1 is 1.22 bits per heavy atom. The lowest BCUT2D eigenvalue weighted by Gasteiger charge is -2.32. The summed E-state index contributed by atoms with van der Waals surface area (Å²) in [5.41, 5.74) is 3.27. The number of hydrogen-bond acceptors (Lipinski definition) is 6. The first-order valence-electron chi connectivity index (χ1n) is 11.7. The van der Waals surface area contributed by atoms with Gasteiger partial charge in [-0.3, -0.25) is 9.69 Å². The summed E-state index contributed by atoms with van der Waals surface area (Å²) in [6, 6.07) is 12.5. The summed E-state index contributed by atoms with van der Waals surface area (Å²) in [4.78, 5) is 21.6. The van der Waals surface area contributed by atoms with Gasteiger partial charge in [-0.05, 0) is 56.1 Å². The van der Waals surface area contributed by atoms with Crippen molar-refractivity contribution < 1.29 is 9.90 Å². The van der Waals surface area contributed by atoms with Gasteiger partial charge in [0.05, 0.1) is 6.10 Å². The summed E-state index contributed by atoms with van der Waals surface area (Å²) in [5, 5.41) is 16.7. The Morgan fingerprint density at radius 2 is 2.06 bits per heavy atom. The highest BCUT2D eigenvalue weighted by Crippen LogP contribution is 2.19. The quantitative estimate of drug-likeness (QED) is 0.587. The number of aliphatic hydroxyl groups is 1. The number of likely N-dealkylation sites (N-methyl/N-ethyl adjacent to an activating group) is 1. The maximum atomic E-state index is 12.6. The first-order chi connectivity index (χ1) is 15.6. The average molecular weight is 438 g/mol. The number of likely N-dealkylation sites (tertiary alicyclic amines) is 1. The molecule has 7 nitrogen and oxygen atoms in total. The van der Waals surface area contributed by atoms with Crippen molar-refractivity contribution in [3.8, 4) is 0 Å². The molecule has 32 heavy (non-hydrogen) atoms. The van der Waals surface area contributed by atoms with E-state index in [9.17, 15) is 9.90 Å². The first-order valence-corrected chi connectivity index (χ1v) is 11.7. The number of anilines is 1. The number of pyridine rings is 1. The number of aliphatic hydroxyl groups excluding tert-OH is 1. The predicted molar refractivity (Wildman–Crippen MR) is 127 cm³/mol. The second-order valence-corrected chi connectivity index (χ2v) is 9.06. The molecular weight excluding hydrogens is 402 g/mol. The van der Waals surface area contributed by atoms with Gasteiger partial charge in [-0.25, -0.2) is 4.98 Å². The van der Waals surface area contributed by atoms with Gasteiger partial charge in [-0.1, -0.05) is 30.7 Å². The standard InChI is InChI=1S/C25H35N5O2/c1-29-12-5-4-8-22(29)15-27-24-14-20(9-11-26-24)25(32)28-16-23(31)18-30-13-10-19-6-2-3-7-21(19)17-30/h2-3,6-7,9,11,14,22-23,31H,4-5,8,10,12-13,15-18H2,1H3,(H,26,27)(H,28,32)/t22?,23-/m0/s1. The van der Waals surface area contributed by atoms with Crippen LogP contribution in [-0.2, 0) is 13.0 Å². The van der Waals surface area contributed by atoms with Crippen LogP contribution in [0.1, 0.15) is 40.7 Å². The molecule has 0 spiro atoms. The number of piperidine rings is 1. The van der Waals surface area contributed by atoms with Crippen LogP contribution in [0.4, 0.5) is 5.82 Å². The number of fused-ring (bicyclic) bond motifs is 1. The zero-order chi connectivity index (χ0) is 22.3.